The highest BCUT2D eigenvalue weighted by Gasteiger charge is 2.23. The molecule has 0 amide bonds. The highest BCUT2D eigenvalue weighted by Crippen LogP contribution is 2.41. The lowest BCUT2D eigenvalue weighted by molar-refractivity contribution is 0.415. The van der Waals surface area contributed by atoms with E-state index in [-0.39, 0.29) is 0 Å². The molecule has 0 atom stereocenters. The number of halogens is 1. The Morgan fingerprint density at radius 3 is 2.67 bits per heavy atom. The fourth-order valence-electron chi connectivity index (χ4n) is 1.36. The quantitative estimate of drug-likeness (QED) is 0.744. The summed E-state index contributed by atoms with van der Waals surface area (Å²) >= 11 is 5.87. The molecule has 0 spiro atoms. The molecule has 0 bridgehead atoms. The standard InChI is InChI=1S/C10H10ClO/c11-10-4-7(6-12)3-9(5-10)8-1-2-8/h3-6,8,12H,1-2H2. The van der Waals surface area contributed by atoms with Gasteiger partial charge in [0, 0.05) is 5.02 Å². The third-order valence-electron chi connectivity index (χ3n) is 2.14. The summed E-state index contributed by atoms with van der Waals surface area (Å²) in [6, 6.07) is 5.73. The van der Waals surface area contributed by atoms with E-state index in [4.69, 9.17) is 16.7 Å². The Hall–Kier alpha value is -0.530. The van der Waals surface area contributed by atoms with Gasteiger partial charge in [-0.3, -0.25) is 0 Å². The third kappa shape index (κ3) is 1.62. The zero-order valence-electron chi connectivity index (χ0n) is 6.63. The summed E-state index contributed by atoms with van der Waals surface area (Å²) in [6.07, 6.45) is 2.51. The molecule has 1 aliphatic carbocycles. The summed E-state index contributed by atoms with van der Waals surface area (Å²) < 4.78 is 0. The highest BCUT2D eigenvalue weighted by atomic mass is 35.5. The highest BCUT2D eigenvalue weighted by molar-refractivity contribution is 6.30. The first kappa shape index (κ1) is 8.09. The van der Waals surface area contributed by atoms with Gasteiger partial charge in [-0.15, -0.1) is 0 Å². The van der Waals surface area contributed by atoms with Crippen LogP contribution in [0.2, 0.25) is 5.02 Å². The number of aliphatic hydroxyl groups is 1. The van der Waals surface area contributed by atoms with E-state index in [2.05, 4.69) is 0 Å². The van der Waals surface area contributed by atoms with Crippen LogP contribution in [0.15, 0.2) is 18.2 Å². The van der Waals surface area contributed by atoms with E-state index in [9.17, 15) is 0 Å². The van der Waals surface area contributed by atoms with Gasteiger partial charge in [0.05, 0.1) is 0 Å². The molecule has 0 heterocycles. The van der Waals surface area contributed by atoms with E-state index in [1.165, 1.54) is 18.4 Å². The largest absolute Gasteiger partial charge is 0.385 e. The van der Waals surface area contributed by atoms with Crippen molar-refractivity contribution in [3.63, 3.8) is 0 Å². The first-order valence-corrected chi connectivity index (χ1v) is 4.45. The molecule has 1 aliphatic rings. The fourth-order valence-corrected chi connectivity index (χ4v) is 1.61. The van der Waals surface area contributed by atoms with Gasteiger partial charge < -0.3 is 5.11 Å². The van der Waals surface area contributed by atoms with E-state index < -0.39 is 0 Å². The van der Waals surface area contributed by atoms with Gasteiger partial charge >= 0.3 is 0 Å². The molecule has 0 aliphatic heterocycles. The number of hydrogen-bond donors (Lipinski definition) is 1. The maximum atomic E-state index is 8.81. The van der Waals surface area contributed by atoms with Gasteiger partial charge in [0.2, 0.25) is 0 Å². The van der Waals surface area contributed by atoms with Crippen molar-refractivity contribution in [2.45, 2.75) is 18.8 Å². The second-order valence-corrected chi connectivity index (χ2v) is 3.66. The van der Waals surface area contributed by atoms with Crippen LogP contribution >= 0.6 is 11.6 Å². The SMILES string of the molecule is O[CH]c1cc(Cl)cc(C2CC2)c1. The van der Waals surface area contributed by atoms with Crippen molar-refractivity contribution in [3.8, 4) is 0 Å². The van der Waals surface area contributed by atoms with Crippen molar-refractivity contribution in [2.24, 2.45) is 0 Å². The lowest BCUT2D eigenvalue weighted by Crippen LogP contribution is -1.85. The maximum absolute atomic E-state index is 8.81. The van der Waals surface area contributed by atoms with Crippen LogP contribution < -0.4 is 0 Å². The number of rotatable bonds is 2. The zero-order valence-corrected chi connectivity index (χ0v) is 7.38. The minimum absolute atomic E-state index is 0.683. The molecule has 0 saturated heterocycles. The number of benzene rings is 1. The minimum Gasteiger partial charge on any atom is -0.385 e. The van der Waals surface area contributed by atoms with Crippen molar-refractivity contribution >= 4 is 11.6 Å². The van der Waals surface area contributed by atoms with Crippen molar-refractivity contribution in [1.29, 1.82) is 0 Å². The first-order chi connectivity index (χ1) is 5.79. The summed E-state index contributed by atoms with van der Waals surface area (Å²) in [4.78, 5) is 0. The normalized spacial score (nSPS) is 16.5. The monoisotopic (exact) mass is 181 g/mol. The molecular weight excluding hydrogens is 172 g/mol. The average molecular weight is 182 g/mol. The number of aliphatic hydroxyl groups excluding tert-OH is 1. The second kappa shape index (κ2) is 3.08. The smallest absolute Gasteiger partial charge is 0.109 e. The lowest BCUT2D eigenvalue weighted by atomic mass is 10.1. The van der Waals surface area contributed by atoms with Gasteiger partial charge in [0.15, 0.2) is 0 Å². The van der Waals surface area contributed by atoms with Gasteiger partial charge in [0.1, 0.15) is 6.61 Å². The van der Waals surface area contributed by atoms with Crippen LogP contribution in [0.3, 0.4) is 0 Å². The van der Waals surface area contributed by atoms with E-state index >= 15 is 0 Å². The molecule has 12 heavy (non-hydrogen) atoms. The van der Waals surface area contributed by atoms with Crippen molar-refractivity contribution in [3.05, 3.63) is 41.0 Å². The van der Waals surface area contributed by atoms with E-state index in [0.29, 0.717) is 10.9 Å². The first-order valence-electron chi connectivity index (χ1n) is 4.07. The zero-order chi connectivity index (χ0) is 8.55. The van der Waals surface area contributed by atoms with Gasteiger partial charge in [0.25, 0.3) is 0 Å². The Balaban J connectivity index is 2.34. The molecule has 1 N–H and O–H groups in total. The second-order valence-electron chi connectivity index (χ2n) is 3.22. The lowest BCUT2D eigenvalue weighted by Gasteiger charge is -2.02. The average Bonchev–Trinajstić information content (AvgIpc) is 2.85. The molecule has 1 radical (unpaired) electrons. The Morgan fingerprint density at radius 1 is 1.33 bits per heavy atom. The van der Waals surface area contributed by atoms with E-state index in [1.54, 1.807) is 6.07 Å². The predicted octanol–water partition coefficient (Wildman–Crippen LogP) is 3.10. The topological polar surface area (TPSA) is 20.2 Å². The fraction of sp³-hybridized carbons (Fsp3) is 0.300. The molecule has 63 valence electrons. The van der Waals surface area contributed by atoms with Gasteiger partial charge in [-0.2, -0.15) is 0 Å². The predicted molar refractivity (Wildman–Crippen MR) is 48.8 cm³/mol. The minimum atomic E-state index is 0.683. The van der Waals surface area contributed by atoms with E-state index in [1.807, 2.05) is 12.1 Å². The van der Waals surface area contributed by atoms with Gasteiger partial charge in [-0.25, -0.2) is 0 Å². The Kier molecular flexibility index (Phi) is 2.07. The third-order valence-corrected chi connectivity index (χ3v) is 2.36. The van der Waals surface area contributed by atoms with Crippen LogP contribution in [-0.2, 0) is 0 Å². The summed E-state index contributed by atoms with van der Waals surface area (Å²) in [5.74, 6) is 0.683. The van der Waals surface area contributed by atoms with Crippen LogP contribution in [0.1, 0.15) is 29.9 Å². The Labute approximate surface area is 77.0 Å². The van der Waals surface area contributed by atoms with Gasteiger partial charge in [-0.1, -0.05) is 17.7 Å². The molecule has 1 saturated carbocycles. The number of hydrogen-bond acceptors (Lipinski definition) is 1. The molecule has 2 heteroatoms. The van der Waals surface area contributed by atoms with Crippen molar-refractivity contribution in [2.75, 3.05) is 0 Å². The van der Waals surface area contributed by atoms with Crippen LogP contribution in [0.5, 0.6) is 0 Å². The van der Waals surface area contributed by atoms with Crippen molar-refractivity contribution in [1.82, 2.24) is 0 Å². The van der Waals surface area contributed by atoms with Crippen molar-refractivity contribution < 1.29 is 5.11 Å². The summed E-state index contributed by atoms with van der Waals surface area (Å²) in [5.41, 5.74) is 2.05. The molecule has 1 fully saturated rings. The molecule has 1 aromatic rings. The van der Waals surface area contributed by atoms with Crippen LogP contribution in [-0.4, -0.2) is 5.11 Å². The Bertz CT molecular complexity index is 292. The summed E-state index contributed by atoms with van der Waals surface area (Å²) in [5, 5.41) is 9.51. The van der Waals surface area contributed by atoms with Crippen LogP contribution in [0.4, 0.5) is 0 Å². The molecule has 0 unspecified atom stereocenters. The van der Waals surface area contributed by atoms with E-state index in [0.717, 1.165) is 12.2 Å². The summed E-state index contributed by atoms with van der Waals surface area (Å²) in [6.45, 7) is 1.09. The molecule has 1 nitrogen and oxygen atoms in total. The Morgan fingerprint density at radius 2 is 2.08 bits per heavy atom. The molecular formula is C10H10ClO. The molecule has 0 aromatic heterocycles. The van der Waals surface area contributed by atoms with Crippen LogP contribution in [0.25, 0.3) is 0 Å². The van der Waals surface area contributed by atoms with Gasteiger partial charge in [-0.05, 0) is 42.0 Å². The maximum Gasteiger partial charge on any atom is 0.109 e. The molecule has 2 rings (SSSR count). The van der Waals surface area contributed by atoms with Crippen LogP contribution in [0, 0.1) is 6.61 Å². The summed E-state index contributed by atoms with van der Waals surface area (Å²) in [7, 11) is 0. The molecule has 1 aromatic carbocycles.